The number of benzene rings is 3. The molecule has 6 N–H and O–H groups in total. The van der Waals surface area contributed by atoms with Gasteiger partial charge in [0, 0.05) is 6.42 Å². The summed E-state index contributed by atoms with van der Waals surface area (Å²) in [5.41, 5.74) is 8.33. The van der Waals surface area contributed by atoms with Crippen LogP contribution in [0.25, 0.3) is 0 Å². The molecule has 3 rings (SSSR count). The van der Waals surface area contributed by atoms with Gasteiger partial charge in [0.2, 0.25) is 0 Å². The molecule has 0 saturated heterocycles. The second-order valence-electron chi connectivity index (χ2n) is 6.30. The number of aliphatic hydroxyl groups is 1. The van der Waals surface area contributed by atoms with Crippen molar-refractivity contribution in [2.45, 2.75) is 26.2 Å². The number of hydrogen-bond donors (Lipinski definition) is 5. The summed E-state index contributed by atoms with van der Waals surface area (Å²) in [5, 5.41) is 35.0. The number of aliphatic hydroxyl groups excluding tert-OH is 1. The standard InChI is InChI=1S/C9H11NO3.C7H8O2.C7H8O/c10-9(13-6-11)5-7-1-3-8(12)4-2-7;8-5-6-1-3-7(9)4-2-6;1-6-2-4-7(8)5-3-6/h1-4,6,9,12H,5,10H2;1-4,8-9H,5H2;2-5,8H,1H3. The van der Waals surface area contributed by atoms with Gasteiger partial charge in [-0.2, -0.15) is 0 Å². The number of hydrogen-bond acceptors (Lipinski definition) is 7. The number of rotatable bonds is 5. The monoisotopic (exact) mass is 413 g/mol. The highest BCUT2D eigenvalue weighted by atomic mass is 16.5. The Morgan fingerprint density at radius 2 is 1.20 bits per heavy atom. The molecule has 0 aromatic heterocycles. The minimum absolute atomic E-state index is 0.0281. The fourth-order valence-corrected chi connectivity index (χ4v) is 2.13. The Hall–Kier alpha value is -3.55. The lowest BCUT2D eigenvalue weighted by Gasteiger charge is -2.08. The first-order valence-electron chi connectivity index (χ1n) is 9.11. The van der Waals surface area contributed by atoms with Crippen LogP contribution in [0.5, 0.6) is 17.2 Å². The van der Waals surface area contributed by atoms with Crippen molar-refractivity contribution in [2.75, 3.05) is 0 Å². The van der Waals surface area contributed by atoms with Crippen LogP contribution >= 0.6 is 0 Å². The summed E-state index contributed by atoms with van der Waals surface area (Å²) in [5.74, 6) is 0.761. The molecule has 7 nitrogen and oxygen atoms in total. The zero-order valence-corrected chi connectivity index (χ0v) is 16.7. The summed E-state index contributed by atoms with van der Waals surface area (Å²) in [7, 11) is 0. The Kier molecular flexibility index (Phi) is 11.1. The molecule has 1 unspecified atom stereocenters. The lowest BCUT2D eigenvalue weighted by molar-refractivity contribution is -0.133. The maximum Gasteiger partial charge on any atom is 0.294 e. The van der Waals surface area contributed by atoms with E-state index >= 15 is 0 Å². The van der Waals surface area contributed by atoms with Crippen LogP contribution < -0.4 is 5.73 Å². The zero-order chi connectivity index (χ0) is 22.4. The number of phenols is 3. The van der Waals surface area contributed by atoms with Gasteiger partial charge < -0.3 is 25.2 Å². The maximum absolute atomic E-state index is 9.92. The van der Waals surface area contributed by atoms with Crippen LogP contribution in [0.3, 0.4) is 0 Å². The molecule has 1 atom stereocenters. The molecular weight excluding hydrogens is 386 g/mol. The van der Waals surface area contributed by atoms with E-state index in [1.807, 2.05) is 19.1 Å². The third-order valence-electron chi connectivity index (χ3n) is 3.76. The Morgan fingerprint density at radius 1 is 0.800 bits per heavy atom. The number of aryl methyl sites for hydroxylation is 1. The normalized spacial score (nSPS) is 10.5. The topological polar surface area (TPSA) is 133 Å². The van der Waals surface area contributed by atoms with Crippen LogP contribution in [0.2, 0.25) is 0 Å². The number of carbonyl (C=O) groups excluding carboxylic acids is 1. The van der Waals surface area contributed by atoms with E-state index in [4.69, 9.17) is 26.2 Å². The highest BCUT2D eigenvalue weighted by Crippen LogP contribution is 2.11. The second kappa shape index (κ2) is 13.6. The first-order chi connectivity index (χ1) is 14.3. The third kappa shape index (κ3) is 10.7. The number of ether oxygens (including phenoxy) is 1. The molecule has 0 aliphatic heterocycles. The predicted octanol–water partition coefficient (Wildman–Crippen LogP) is 2.98. The van der Waals surface area contributed by atoms with Crippen molar-refractivity contribution in [3.05, 3.63) is 89.5 Å². The first kappa shape index (κ1) is 24.5. The quantitative estimate of drug-likeness (QED) is 0.321. The summed E-state index contributed by atoms with van der Waals surface area (Å²) in [4.78, 5) is 9.92. The van der Waals surface area contributed by atoms with Gasteiger partial charge in [-0.3, -0.25) is 10.5 Å². The fourth-order valence-electron chi connectivity index (χ4n) is 2.13. The average Bonchev–Trinajstić information content (AvgIpc) is 2.74. The van der Waals surface area contributed by atoms with Gasteiger partial charge in [-0.1, -0.05) is 42.0 Å². The van der Waals surface area contributed by atoms with Crippen molar-refractivity contribution in [1.29, 1.82) is 0 Å². The van der Waals surface area contributed by atoms with Gasteiger partial charge in [-0.05, 0) is 54.4 Å². The van der Waals surface area contributed by atoms with Crippen molar-refractivity contribution in [2.24, 2.45) is 5.73 Å². The summed E-state index contributed by atoms with van der Waals surface area (Å²) in [6.07, 6.45) is -0.180. The molecule has 7 heteroatoms. The van der Waals surface area contributed by atoms with Crippen molar-refractivity contribution >= 4 is 6.47 Å². The summed E-state index contributed by atoms with van der Waals surface area (Å²) >= 11 is 0. The minimum Gasteiger partial charge on any atom is -0.508 e. The smallest absolute Gasteiger partial charge is 0.294 e. The van der Waals surface area contributed by atoms with Crippen LogP contribution in [0.4, 0.5) is 0 Å². The van der Waals surface area contributed by atoms with Crippen LogP contribution in [0.1, 0.15) is 16.7 Å². The largest absolute Gasteiger partial charge is 0.508 e. The molecule has 0 heterocycles. The zero-order valence-electron chi connectivity index (χ0n) is 16.7. The maximum atomic E-state index is 9.92. The number of aromatic hydroxyl groups is 3. The average molecular weight is 413 g/mol. The van der Waals surface area contributed by atoms with Crippen LogP contribution in [0, 0.1) is 6.92 Å². The van der Waals surface area contributed by atoms with Crippen LogP contribution in [0.15, 0.2) is 72.8 Å². The van der Waals surface area contributed by atoms with Crippen molar-refractivity contribution in [3.63, 3.8) is 0 Å². The van der Waals surface area contributed by atoms with E-state index in [1.165, 1.54) is 5.56 Å². The third-order valence-corrected chi connectivity index (χ3v) is 3.76. The van der Waals surface area contributed by atoms with Gasteiger partial charge in [0.05, 0.1) is 6.61 Å². The minimum atomic E-state index is -0.623. The number of carbonyl (C=O) groups is 1. The van der Waals surface area contributed by atoms with E-state index in [9.17, 15) is 4.79 Å². The molecule has 0 spiro atoms. The summed E-state index contributed by atoms with van der Waals surface area (Å²) in [6.45, 7) is 2.34. The van der Waals surface area contributed by atoms with E-state index in [2.05, 4.69) is 4.74 Å². The Labute approximate surface area is 175 Å². The lowest BCUT2D eigenvalue weighted by Crippen LogP contribution is -2.25. The molecule has 0 aliphatic carbocycles. The fraction of sp³-hybridized carbons (Fsp3) is 0.174. The van der Waals surface area contributed by atoms with Crippen molar-refractivity contribution in [1.82, 2.24) is 0 Å². The molecule has 0 aliphatic rings. The van der Waals surface area contributed by atoms with E-state index in [0.717, 1.165) is 11.1 Å². The Morgan fingerprint density at radius 3 is 1.57 bits per heavy atom. The van der Waals surface area contributed by atoms with Crippen LogP contribution in [-0.2, 0) is 22.6 Å². The number of phenolic OH excluding ortho intramolecular Hbond substituents is 3. The molecule has 0 radical (unpaired) electrons. The second-order valence-corrected chi connectivity index (χ2v) is 6.30. The van der Waals surface area contributed by atoms with Gasteiger partial charge in [0.15, 0.2) is 6.23 Å². The lowest BCUT2D eigenvalue weighted by atomic mass is 10.1. The van der Waals surface area contributed by atoms with E-state index in [-0.39, 0.29) is 18.1 Å². The Bertz CT molecular complexity index is 827. The van der Waals surface area contributed by atoms with Gasteiger partial charge in [-0.25, -0.2) is 0 Å². The highest BCUT2D eigenvalue weighted by Gasteiger charge is 2.03. The van der Waals surface area contributed by atoms with Gasteiger partial charge in [0.25, 0.3) is 6.47 Å². The van der Waals surface area contributed by atoms with Gasteiger partial charge in [0.1, 0.15) is 17.2 Å². The molecule has 0 saturated carbocycles. The predicted molar refractivity (Wildman–Crippen MR) is 114 cm³/mol. The molecule has 160 valence electrons. The molecule has 30 heavy (non-hydrogen) atoms. The van der Waals surface area contributed by atoms with Gasteiger partial charge >= 0.3 is 0 Å². The number of nitrogens with two attached hydrogens (primary N) is 1. The molecular formula is C23H27NO6. The Balaban J connectivity index is 0.000000234. The van der Waals surface area contributed by atoms with Crippen molar-refractivity contribution < 1.29 is 30.0 Å². The van der Waals surface area contributed by atoms with E-state index < -0.39 is 6.23 Å². The highest BCUT2D eigenvalue weighted by molar-refractivity contribution is 5.37. The molecule has 0 fully saturated rings. The molecule has 3 aromatic carbocycles. The summed E-state index contributed by atoms with van der Waals surface area (Å²) in [6, 6.07) is 20.1. The van der Waals surface area contributed by atoms with Gasteiger partial charge in [-0.15, -0.1) is 0 Å². The SMILES string of the molecule is Cc1ccc(O)cc1.NC(Cc1ccc(O)cc1)OC=O.OCc1ccc(O)cc1. The summed E-state index contributed by atoms with van der Waals surface area (Å²) < 4.78 is 4.51. The molecule has 0 bridgehead atoms. The van der Waals surface area contributed by atoms with Crippen LogP contribution in [-0.4, -0.2) is 33.1 Å². The first-order valence-corrected chi connectivity index (χ1v) is 9.11. The van der Waals surface area contributed by atoms with E-state index in [1.54, 1.807) is 60.7 Å². The molecule has 0 amide bonds. The van der Waals surface area contributed by atoms with Crippen molar-refractivity contribution in [3.8, 4) is 17.2 Å². The molecule has 3 aromatic rings. The van der Waals surface area contributed by atoms with E-state index in [0.29, 0.717) is 18.6 Å².